The van der Waals surface area contributed by atoms with Crippen LogP contribution in [-0.2, 0) is 21.3 Å². The van der Waals surface area contributed by atoms with Crippen LogP contribution in [0.25, 0.3) is 0 Å². The summed E-state index contributed by atoms with van der Waals surface area (Å²) in [6, 6.07) is 0. The molecule has 9 heteroatoms. The van der Waals surface area contributed by atoms with E-state index in [0.29, 0.717) is 13.0 Å². The summed E-state index contributed by atoms with van der Waals surface area (Å²) in [5.41, 5.74) is -1.66. The average Bonchev–Trinajstić information content (AvgIpc) is 2.79. The van der Waals surface area contributed by atoms with E-state index in [1.165, 1.54) is 0 Å². The van der Waals surface area contributed by atoms with Gasteiger partial charge in [-0.1, -0.05) is 0 Å². The highest BCUT2D eigenvalue weighted by atomic mass is 32.2. The molecule has 0 spiro atoms. The summed E-state index contributed by atoms with van der Waals surface area (Å²) >= 11 is 0. The Morgan fingerprint density at radius 3 is 2.79 bits per heavy atom. The SMILES string of the molecule is NS(=O)(=O)c1cn(CCC2CCCO2)c(=O)[nH]c1=O. The van der Waals surface area contributed by atoms with Crippen LogP contribution in [0.3, 0.4) is 0 Å². The molecular weight excluding hydrogens is 274 g/mol. The van der Waals surface area contributed by atoms with Crippen molar-refractivity contribution < 1.29 is 13.2 Å². The molecule has 8 nitrogen and oxygen atoms in total. The van der Waals surface area contributed by atoms with Crippen molar-refractivity contribution in [1.29, 1.82) is 0 Å². The van der Waals surface area contributed by atoms with E-state index in [9.17, 15) is 18.0 Å². The number of nitrogens with two attached hydrogens (primary N) is 1. The maximum Gasteiger partial charge on any atom is 0.328 e. The molecule has 2 rings (SSSR count). The number of aryl methyl sites for hydroxylation is 1. The number of aromatic nitrogens is 2. The van der Waals surface area contributed by atoms with Gasteiger partial charge in [-0.15, -0.1) is 0 Å². The Hall–Kier alpha value is -1.45. The number of aromatic amines is 1. The molecule has 2 heterocycles. The molecule has 1 aromatic rings. The zero-order chi connectivity index (χ0) is 14.0. The Balaban J connectivity index is 2.25. The second-order valence-corrected chi connectivity index (χ2v) is 5.94. The molecule has 1 atom stereocenters. The van der Waals surface area contributed by atoms with Crippen LogP contribution in [0, 0.1) is 0 Å². The van der Waals surface area contributed by atoms with Gasteiger partial charge in [-0.25, -0.2) is 18.4 Å². The van der Waals surface area contributed by atoms with Gasteiger partial charge >= 0.3 is 5.69 Å². The van der Waals surface area contributed by atoms with Crippen molar-refractivity contribution in [2.75, 3.05) is 6.61 Å². The van der Waals surface area contributed by atoms with Gasteiger partial charge < -0.3 is 4.74 Å². The van der Waals surface area contributed by atoms with Gasteiger partial charge in [0, 0.05) is 19.3 Å². The quantitative estimate of drug-likeness (QED) is 0.717. The molecule has 1 fully saturated rings. The number of nitrogens with one attached hydrogen (secondary N) is 1. The Labute approximate surface area is 109 Å². The van der Waals surface area contributed by atoms with Crippen molar-refractivity contribution in [3.8, 4) is 0 Å². The van der Waals surface area contributed by atoms with E-state index in [4.69, 9.17) is 9.88 Å². The van der Waals surface area contributed by atoms with E-state index in [1.54, 1.807) is 0 Å². The van der Waals surface area contributed by atoms with Gasteiger partial charge in [0.25, 0.3) is 5.56 Å². The van der Waals surface area contributed by atoms with Gasteiger partial charge in [0.2, 0.25) is 10.0 Å². The van der Waals surface area contributed by atoms with Gasteiger partial charge in [0.1, 0.15) is 0 Å². The summed E-state index contributed by atoms with van der Waals surface area (Å²) in [6.45, 7) is 0.969. The second-order valence-electron chi connectivity index (χ2n) is 4.41. The lowest BCUT2D eigenvalue weighted by Crippen LogP contribution is -2.35. The van der Waals surface area contributed by atoms with Gasteiger partial charge in [0.15, 0.2) is 4.90 Å². The molecule has 106 valence electrons. The van der Waals surface area contributed by atoms with E-state index < -0.39 is 26.2 Å². The Morgan fingerprint density at radius 2 is 2.21 bits per heavy atom. The van der Waals surface area contributed by atoms with Crippen molar-refractivity contribution in [2.24, 2.45) is 5.14 Å². The predicted octanol–water partition coefficient (Wildman–Crippen LogP) is -1.25. The lowest BCUT2D eigenvalue weighted by Gasteiger charge is -2.10. The van der Waals surface area contributed by atoms with Crippen molar-refractivity contribution in [3.63, 3.8) is 0 Å². The minimum absolute atomic E-state index is 0.0664. The summed E-state index contributed by atoms with van der Waals surface area (Å²) in [4.78, 5) is 24.2. The average molecular weight is 289 g/mol. The monoisotopic (exact) mass is 289 g/mol. The van der Waals surface area contributed by atoms with Gasteiger partial charge in [-0.05, 0) is 19.3 Å². The standard InChI is InChI=1S/C10H15N3O5S/c11-19(16,17)8-6-13(10(15)12-9(8)14)4-3-7-2-1-5-18-7/h6-7H,1-5H2,(H2,11,16,17)(H,12,14,15). The first kappa shape index (κ1) is 14.0. The highest BCUT2D eigenvalue weighted by Gasteiger charge is 2.18. The largest absolute Gasteiger partial charge is 0.378 e. The number of sulfonamides is 1. The summed E-state index contributed by atoms with van der Waals surface area (Å²) in [5, 5.41) is 4.91. The molecule has 0 bridgehead atoms. The molecule has 0 aliphatic carbocycles. The number of hydrogen-bond acceptors (Lipinski definition) is 5. The maximum absolute atomic E-state index is 11.6. The summed E-state index contributed by atoms with van der Waals surface area (Å²) in [5.74, 6) is 0. The van der Waals surface area contributed by atoms with E-state index in [0.717, 1.165) is 23.6 Å². The fourth-order valence-electron chi connectivity index (χ4n) is 2.01. The normalized spacial score (nSPS) is 19.7. The first-order chi connectivity index (χ1) is 8.88. The summed E-state index contributed by atoms with van der Waals surface area (Å²) in [6.07, 6.45) is 3.52. The highest BCUT2D eigenvalue weighted by Crippen LogP contribution is 2.15. The molecule has 3 N–H and O–H groups in total. The van der Waals surface area contributed by atoms with Crippen molar-refractivity contribution >= 4 is 10.0 Å². The third-order valence-corrected chi connectivity index (χ3v) is 3.90. The van der Waals surface area contributed by atoms with Crippen LogP contribution in [0.1, 0.15) is 19.3 Å². The number of H-pyrrole nitrogens is 1. The Morgan fingerprint density at radius 1 is 1.47 bits per heavy atom. The van der Waals surface area contributed by atoms with Crippen LogP contribution in [0.15, 0.2) is 20.7 Å². The zero-order valence-electron chi connectivity index (χ0n) is 10.2. The molecule has 1 saturated heterocycles. The fourth-order valence-corrected chi connectivity index (χ4v) is 2.60. The van der Waals surface area contributed by atoms with Gasteiger partial charge in [-0.2, -0.15) is 0 Å². The zero-order valence-corrected chi connectivity index (χ0v) is 11.0. The number of rotatable bonds is 4. The third-order valence-electron chi connectivity index (χ3n) is 3.00. The van der Waals surface area contributed by atoms with Crippen LogP contribution in [0.4, 0.5) is 0 Å². The molecule has 0 radical (unpaired) electrons. The van der Waals surface area contributed by atoms with Crippen LogP contribution in [-0.4, -0.2) is 30.7 Å². The number of primary sulfonamides is 1. The smallest absolute Gasteiger partial charge is 0.328 e. The first-order valence-corrected chi connectivity index (χ1v) is 7.41. The van der Waals surface area contributed by atoms with Gasteiger partial charge in [-0.3, -0.25) is 14.3 Å². The van der Waals surface area contributed by atoms with E-state index in [1.807, 2.05) is 4.98 Å². The summed E-state index contributed by atoms with van der Waals surface area (Å²) in [7, 11) is -4.14. The molecule has 1 aliphatic heterocycles. The van der Waals surface area contributed by atoms with Crippen molar-refractivity contribution in [2.45, 2.75) is 36.8 Å². The lowest BCUT2D eigenvalue weighted by atomic mass is 10.2. The first-order valence-electron chi connectivity index (χ1n) is 5.86. The van der Waals surface area contributed by atoms with Crippen LogP contribution < -0.4 is 16.4 Å². The van der Waals surface area contributed by atoms with E-state index in [2.05, 4.69) is 0 Å². The molecule has 0 amide bonds. The molecule has 0 saturated carbocycles. The van der Waals surface area contributed by atoms with E-state index in [-0.39, 0.29) is 12.6 Å². The third kappa shape index (κ3) is 3.31. The minimum atomic E-state index is -4.14. The lowest BCUT2D eigenvalue weighted by molar-refractivity contribution is 0.0999. The fraction of sp³-hybridized carbons (Fsp3) is 0.600. The molecule has 1 aromatic heterocycles. The highest BCUT2D eigenvalue weighted by molar-refractivity contribution is 7.89. The summed E-state index contributed by atoms with van der Waals surface area (Å²) < 4.78 is 28.9. The molecule has 1 unspecified atom stereocenters. The van der Waals surface area contributed by atoms with Gasteiger partial charge in [0.05, 0.1) is 6.10 Å². The Kier molecular flexibility index (Phi) is 3.88. The van der Waals surface area contributed by atoms with Crippen LogP contribution >= 0.6 is 0 Å². The molecule has 19 heavy (non-hydrogen) atoms. The second kappa shape index (κ2) is 5.27. The van der Waals surface area contributed by atoms with Crippen LogP contribution in [0.5, 0.6) is 0 Å². The number of nitrogens with zero attached hydrogens (tertiary/aromatic N) is 1. The predicted molar refractivity (Wildman–Crippen MR) is 66.3 cm³/mol. The van der Waals surface area contributed by atoms with Crippen molar-refractivity contribution in [1.82, 2.24) is 9.55 Å². The molecular formula is C10H15N3O5S. The minimum Gasteiger partial charge on any atom is -0.378 e. The Bertz CT molecular complexity index is 669. The maximum atomic E-state index is 11.6. The topological polar surface area (TPSA) is 124 Å². The number of hydrogen-bond donors (Lipinski definition) is 2. The van der Waals surface area contributed by atoms with E-state index >= 15 is 0 Å². The van der Waals surface area contributed by atoms with Crippen LogP contribution in [0.2, 0.25) is 0 Å². The number of ether oxygens (including phenoxy) is 1. The molecule has 1 aliphatic rings. The van der Waals surface area contributed by atoms with Crippen molar-refractivity contribution in [3.05, 3.63) is 27.0 Å². The molecule has 0 aromatic carbocycles.